The lowest BCUT2D eigenvalue weighted by molar-refractivity contribution is 0.0526. The van der Waals surface area contributed by atoms with Gasteiger partial charge in [-0.2, -0.15) is 15.2 Å². The lowest BCUT2D eigenvalue weighted by Gasteiger charge is -2.08. The smallest absolute Gasteiger partial charge is 0.341 e. The van der Waals surface area contributed by atoms with Gasteiger partial charge < -0.3 is 9.47 Å². The highest BCUT2D eigenvalue weighted by Gasteiger charge is 2.17. The number of fused-ring (bicyclic) bond motifs is 1. The minimum atomic E-state index is -0.456. The van der Waals surface area contributed by atoms with Crippen molar-refractivity contribution in [1.29, 1.82) is 0 Å². The van der Waals surface area contributed by atoms with Gasteiger partial charge in [0.15, 0.2) is 0 Å². The van der Waals surface area contributed by atoms with E-state index in [9.17, 15) is 4.79 Å². The molecule has 0 aliphatic carbocycles. The van der Waals surface area contributed by atoms with Crippen LogP contribution in [-0.4, -0.2) is 49.2 Å². The standard InChI is InChI=1S/C19H17ClN6O3/c1-3-29-18(27)13-8-21-26(11-13)19-23-15-9-22-25(16(15)17(24-19)28-2)10-12-4-6-14(20)7-5-12/h4-9,11H,3,10H2,1-2H3. The Morgan fingerprint density at radius 1 is 1.14 bits per heavy atom. The molecule has 0 saturated heterocycles. The molecule has 0 amide bonds. The first-order valence-corrected chi connectivity index (χ1v) is 9.21. The van der Waals surface area contributed by atoms with E-state index in [0.717, 1.165) is 5.56 Å². The second-order valence-electron chi connectivity index (χ2n) is 6.09. The number of rotatable bonds is 6. The van der Waals surface area contributed by atoms with Crippen LogP contribution in [0.3, 0.4) is 0 Å². The molecule has 0 bridgehead atoms. The van der Waals surface area contributed by atoms with Gasteiger partial charge in [0.25, 0.3) is 5.95 Å². The van der Waals surface area contributed by atoms with Crippen molar-refractivity contribution in [2.24, 2.45) is 0 Å². The van der Waals surface area contributed by atoms with Crippen LogP contribution < -0.4 is 4.74 Å². The number of nitrogens with zero attached hydrogens (tertiary/aromatic N) is 6. The highest BCUT2D eigenvalue weighted by molar-refractivity contribution is 6.30. The number of aromatic nitrogens is 6. The number of hydrogen-bond donors (Lipinski definition) is 0. The Kier molecular flexibility index (Phi) is 5.13. The number of carbonyl (C=O) groups excluding carboxylic acids is 1. The van der Waals surface area contributed by atoms with E-state index in [1.807, 2.05) is 24.3 Å². The summed E-state index contributed by atoms with van der Waals surface area (Å²) in [6.45, 7) is 2.54. The number of halogens is 1. The molecule has 0 fully saturated rings. The van der Waals surface area contributed by atoms with E-state index in [2.05, 4.69) is 20.2 Å². The number of carbonyl (C=O) groups is 1. The van der Waals surface area contributed by atoms with Crippen LogP contribution in [0.1, 0.15) is 22.8 Å². The van der Waals surface area contributed by atoms with Gasteiger partial charge in [-0.05, 0) is 24.6 Å². The van der Waals surface area contributed by atoms with Crippen molar-refractivity contribution in [3.8, 4) is 11.8 Å². The van der Waals surface area contributed by atoms with Gasteiger partial charge in [-0.25, -0.2) is 14.5 Å². The van der Waals surface area contributed by atoms with E-state index in [0.29, 0.717) is 34.0 Å². The first-order chi connectivity index (χ1) is 14.1. The summed E-state index contributed by atoms with van der Waals surface area (Å²) in [6.07, 6.45) is 4.55. The zero-order chi connectivity index (χ0) is 20.4. The van der Waals surface area contributed by atoms with E-state index in [4.69, 9.17) is 21.1 Å². The van der Waals surface area contributed by atoms with Crippen LogP contribution in [-0.2, 0) is 11.3 Å². The first-order valence-electron chi connectivity index (χ1n) is 8.83. The normalized spacial score (nSPS) is 11.0. The summed E-state index contributed by atoms with van der Waals surface area (Å²) in [6, 6.07) is 7.51. The molecule has 0 radical (unpaired) electrons. The lowest BCUT2D eigenvalue weighted by atomic mass is 10.2. The van der Waals surface area contributed by atoms with Gasteiger partial charge >= 0.3 is 5.97 Å². The molecule has 4 aromatic rings. The summed E-state index contributed by atoms with van der Waals surface area (Å²) in [7, 11) is 1.53. The largest absolute Gasteiger partial charge is 0.479 e. The molecule has 3 heterocycles. The van der Waals surface area contributed by atoms with Gasteiger partial charge in [0.05, 0.1) is 38.2 Å². The van der Waals surface area contributed by atoms with Crippen LogP contribution in [0.15, 0.2) is 42.9 Å². The second-order valence-corrected chi connectivity index (χ2v) is 6.53. The SMILES string of the molecule is CCOC(=O)c1cnn(-c2nc(OC)c3c(cnn3Cc3ccc(Cl)cc3)n2)c1. The third-order valence-corrected chi connectivity index (χ3v) is 4.43. The highest BCUT2D eigenvalue weighted by Crippen LogP contribution is 2.24. The van der Waals surface area contributed by atoms with Gasteiger partial charge in [-0.3, -0.25) is 4.68 Å². The van der Waals surface area contributed by atoms with Crippen molar-refractivity contribution in [2.75, 3.05) is 13.7 Å². The summed E-state index contributed by atoms with van der Waals surface area (Å²) >= 11 is 5.95. The Morgan fingerprint density at radius 3 is 2.66 bits per heavy atom. The Labute approximate surface area is 170 Å². The number of esters is 1. The molecular weight excluding hydrogens is 396 g/mol. The van der Waals surface area contributed by atoms with Crippen molar-refractivity contribution in [1.82, 2.24) is 29.5 Å². The molecular formula is C19H17ClN6O3. The van der Waals surface area contributed by atoms with E-state index in [-0.39, 0.29) is 12.6 Å². The molecule has 9 nitrogen and oxygen atoms in total. The van der Waals surface area contributed by atoms with Gasteiger partial charge in [-0.15, -0.1) is 0 Å². The van der Waals surface area contributed by atoms with Crippen LogP contribution >= 0.6 is 11.6 Å². The maximum absolute atomic E-state index is 11.9. The second kappa shape index (κ2) is 7.88. The molecule has 10 heteroatoms. The molecule has 0 unspecified atom stereocenters. The Hall–Kier alpha value is -3.46. The Balaban J connectivity index is 1.70. The third-order valence-electron chi connectivity index (χ3n) is 4.18. The van der Waals surface area contributed by atoms with Crippen molar-refractivity contribution in [3.63, 3.8) is 0 Å². The Morgan fingerprint density at radius 2 is 1.93 bits per heavy atom. The number of hydrogen-bond acceptors (Lipinski definition) is 7. The van der Waals surface area contributed by atoms with Gasteiger partial charge in [0.1, 0.15) is 11.0 Å². The minimum Gasteiger partial charge on any atom is -0.479 e. The van der Waals surface area contributed by atoms with Crippen LogP contribution in [0.2, 0.25) is 5.02 Å². The van der Waals surface area contributed by atoms with E-state index < -0.39 is 5.97 Å². The van der Waals surface area contributed by atoms with E-state index in [1.54, 1.807) is 17.8 Å². The molecule has 148 valence electrons. The fourth-order valence-corrected chi connectivity index (χ4v) is 2.96. The monoisotopic (exact) mass is 412 g/mol. The van der Waals surface area contributed by atoms with Crippen molar-refractivity contribution < 1.29 is 14.3 Å². The molecule has 3 aromatic heterocycles. The molecule has 0 aliphatic heterocycles. The van der Waals surface area contributed by atoms with Crippen LogP contribution in [0.25, 0.3) is 17.0 Å². The van der Waals surface area contributed by atoms with Gasteiger partial charge in [0, 0.05) is 11.2 Å². The predicted octanol–water partition coefficient (Wildman–Crippen LogP) is 2.90. The predicted molar refractivity (Wildman–Crippen MR) is 106 cm³/mol. The lowest BCUT2D eigenvalue weighted by Crippen LogP contribution is -2.07. The molecule has 0 N–H and O–H groups in total. The molecule has 0 aliphatic rings. The number of methoxy groups -OCH3 is 1. The average molecular weight is 413 g/mol. The maximum Gasteiger partial charge on any atom is 0.341 e. The average Bonchev–Trinajstić information content (AvgIpc) is 3.37. The number of ether oxygens (including phenoxy) is 2. The first kappa shape index (κ1) is 18.9. The number of benzene rings is 1. The summed E-state index contributed by atoms with van der Waals surface area (Å²) in [4.78, 5) is 20.8. The molecule has 0 spiro atoms. The summed E-state index contributed by atoms with van der Waals surface area (Å²) < 4.78 is 13.6. The van der Waals surface area contributed by atoms with Crippen molar-refractivity contribution in [3.05, 3.63) is 59.0 Å². The molecule has 4 rings (SSSR count). The maximum atomic E-state index is 11.9. The van der Waals surface area contributed by atoms with Gasteiger partial charge in [0.2, 0.25) is 5.88 Å². The third kappa shape index (κ3) is 3.77. The highest BCUT2D eigenvalue weighted by atomic mass is 35.5. The minimum absolute atomic E-state index is 0.260. The zero-order valence-corrected chi connectivity index (χ0v) is 16.5. The summed E-state index contributed by atoms with van der Waals surface area (Å²) in [5.74, 6) is 0.156. The van der Waals surface area contributed by atoms with Crippen molar-refractivity contribution in [2.45, 2.75) is 13.5 Å². The summed E-state index contributed by atoms with van der Waals surface area (Å²) in [5.41, 5.74) is 2.59. The zero-order valence-electron chi connectivity index (χ0n) is 15.7. The van der Waals surface area contributed by atoms with Crippen molar-refractivity contribution >= 4 is 28.6 Å². The van der Waals surface area contributed by atoms with E-state index in [1.165, 1.54) is 24.2 Å². The fourth-order valence-electron chi connectivity index (χ4n) is 2.83. The molecule has 0 atom stereocenters. The fraction of sp³-hybridized carbons (Fsp3) is 0.211. The molecule has 0 saturated carbocycles. The van der Waals surface area contributed by atoms with E-state index >= 15 is 0 Å². The Bertz CT molecular complexity index is 1170. The molecule has 1 aromatic carbocycles. The topological polar surface area (TPSA) is 97.0 Å². The quantitative estimate of drug-likeness (QED) is 0.449. The van der Waals surface area contributed by atoms with Crippen LogP contribution in [0, 0.1) is 0 Å². The van der Waals surface area contributed by atoms with Gasteiger partial charge in [-0.1, -0.05) is 23.7 Å². The summed E-state index contributed by atoms with van der Waals surface area (Å²) in [5, 5.41) is 9.23. The van der Waals surface area contributed by atoms with Crippen LogP contribution in [0.4, 0.5) is 0 Å². The molecule has 29 heavy (non-hydrogen) atoms. The van der Waals surface area contributed by atoms with Crippen LogP contribution in [0.5, 0.6) is 5.88 Å².